The molecule has 1 aliphatic heterocycles. The molecule has 0 saturated carbocycles. The van der Waals surface area contributed by atoms with E-state index >= 15 is 0 Å². The highest BCUT2D eigenvalue weighted by atomic mass is 35.5. The van der Waals surface area contributed by atoms with Crippen molar-refractivity contribution in [1.29, 1.82) is 0 Å². The van der Waals surface area contributed by atoms with Crippen molar-refractivity contribution in [3.8, 4) is 5.75 Å². The number of nitrogens with zero attached hydrogens (tertiary/aromatic N) is 1. The Morgan fingerprint density at radius 2 is 1.83 bits per heavy atom. The lowest BCUT2D eigenvalue weighted by molar-refractivity contribution is -0.120. The maximum absolute atomic E-state index is 13.1. The molecule has 198 valence electrons. The van der Waals surface area contributed by atoms with Crippen molar-refractivity contribution in [2.24, 2.45) is 5.92 Å². The van der Waals surface area contributed by atoms with Gasteiger partial charge in [-0.15, -0.1) is 0 Å². The summed E-state index contributed by atoms with van der Waals surface area (Å²) in [6.45, 7) is 3.71. The monoisotopic (exact) mass is 577 g/mol. The van der Waals surface area contributed by atoms with Gasteiger partial charge >= 0.3 is 0 Å². The van der Waals surface area contributed by atoms with Crippen LogP contribution in [0.3, 0.4) is 0 Å². The number of sulfonamides is 2. The topological polar surface area (TPSA) is 122 Å². The lowest BCUT2D eigenvalue weighted by Gasteiger charge is -2.31. The summed E-state index contributed by atoms with van der Waals surface area (Å²) in [5.74, 6) is -1.03. The van der Waals surface area contributed by atoms with Gasteiger partial charge in [-0.1, -0.05) is 29.3 Å². The number of carbonyl (C=O) groups excluding carboxylic acids is 1. The number of ether oxygens (including phenoxy) is 1. The minimum Gasteiger partial charge on any atom is -0.495 e. The summed E-state index contributed by atoms with van der Waals surface area (Å²) in [4.78, 5) is 13.1. The molecule has 0 bridgehead atoms. The van der Waals surface area contributed by atoms with Crippen molar-refractivity contribution < 1.29 is 26.4 Å². The first-order valence-corrected chi connectivity index (χ1v) is 15.1. The van der Waals surface area contributed by atoms with Crippen LogP contribution in [-0.4, -0.2) is 53.3 Å². The number of piperidine rings is 1. The maximum Gasteiger partial charge on any atom is 0.240 e. The summed E-state index contributed by atoms with van der Waals surface area (Å²) >= 11 is 11.9. The fourth-order valence-electron chi connectivity index (χ4n) is 3.91. The number of methoxy groups -OCH3 is 1. The Bertz CT molecular complexity index is 1330. The number of anilines is 1. The summed E-state index contributed by atoms with van der Waals surface area (Å²) in [6, 6.07) is 8.51. The molecule has 1 saturated heterocycles. The normalized spacial score (nSPS) is 17.2. The third-order valence-electron chi connectivity index (χ3n) is 5.61. The number of hydrogen-bond acceptors (Lipinski definition) is 6. The molecule has 36 heavy (non-hydrogen) atoms. The Kier molecular flexibility index (Phi) is 9.29. The predicted octanol–water partition coefficient (Wildman–Crippen LogP) is 3.87. The first kappa shape index (κ1) is 28.7. The number of hydrogen-bond donors (Lipinski definition) is 2. The van der Waals surface area contributed by atoms with Crippen molar-refractivity contribution >= 4 is 54.8 Å². The zero-order valence-corrected chi connectivity index (χ0v) is 23.3. The van der Waals surface area contributed by atoms with Gasteiger partial charge in [0.25, 0.3) is 0 Å². The van der Waals surface area contributed by atoms with Crippen molar-refractivity contribution in [3.05, 3.63) is 52.0 Å². The lowest BCUT2D eigenvalue weighted by atomic mass is 9.98. The standard InChI is InChI=1S/C23H29Cl2N3O6S2/c1-15(2)27-36(32,33)18-7-9-22(34-3)21(12-18)26-23(29)17-5-4-10-28(13-17)35(30,31)14-16-6-8-19(24)20(25)11-16/h6-9,11-12,15,17,27H,4-5,10,13-14H2,1-3H3,(H,26,29)/t17-/m1/s1. The quantitative estimate of drug-likeness (QED) is 0.466. The van der Waals surface area contributed by atoms with Gasteiger partial charge in [0.05, 0.1) is 39.4 Å². The van der Waals surface area contributed by atoms with Gasteiger partial charge in [-0.05, 0) is 62.6 Å². The van der Waals surface area contributed by atoms with Gasteiger partial charge in [0, 0.05) is 19.1 Å². The molecule has 13 heteroatoms. The maximum atomic E-state index is 13.1. The molecule has 0 radical (unpaired) electrons. The zero-order valence-electron chi connectivity index (χ0n) is 20.1. The van der Waals surface area contributed by atoms with Gasteiger partial charge in [-0.2, -0.15) is 0 Å². The molecule has 2 aromatic carbocycles. The summed E-state index contributed by atoms with van der Waals surface area (Å²) in [5, 5.41) is 3.32. The Balaban J connectivity index is 1.75. The Hall–Kier alpha value is -1.89. The Labute approximate surface area is 222 Å². The fraction of sp³-hybridized carbons (Fsp3) is 0.435. The molecule has 2 aromatic rings. The molecule has 0 spiro atoms. The molecule has 0 aliphatic carbocycles. The van der Waals surface area contributed by atoms with Crippen LogP contribution in [0, 0.1) is 5.92 Å². The van der Waals surface area contributed by atoms with Crippen molar-refractivity contribution in [1.82, 2.24) is 9.03 Å². The lowest BCUT2D eigenvalue weighted by Crippen LogP contribution is -2.44. The molecule has 1 heterocycles. The van der Waals surface area contributed by atoms with Gasteiger partial charge in [0.1, 0.15) is 5.75 Å². The molecule has 0 aromatic heterocycles. The first-order chi connectivity index (χ1) is 16.8. The molecule has 1 amide bonds. The van der Waals surface area contributed by atoms with E-state index in [0.717, 1.165) is 0 Å². The number of halogens is 2. The smallest absolute Gasteiger partial charge is 0.240 e. The Morgan fingerprint density at radius 3 is 2.47 bits per heavy atom. The molecular formula is C23H29Cl2N3O6S2. The number of rotatable bonds is 9. The van der Waals surface area contributed by atoms with Crippen LogP contribution in [-0.2, 0) is 30.6 Å². The van der Waals surface area contributed by atoms with Gasteiger partial charge in [-0.3, -0.25) is 4.79 Å². The van der Waals surface area contributed by atoms with E-state index in [-0.39, 0.29) is 39.7 Å². The van der Waals surface area contributed by atoms with Crippen LogP contribution >= 0.6 is 23.2 Å². The highest BCUT2D eigenvalue weighted by Gasteiger charge is 2.33. The van der Waals surface area contributed by atoms with Gasteiger partial charge in [0.15, 0.2) is 0 Å². The van der Waals surface area contributed by atoms with Crippen LogP contribution < -0.4 is 14.8 Å². The van der Waals surface area contributed by atoms with Crippen LogP contribution in [0.1, 0.15) is 32.3 Å². The van der Waals surface area contributed by atoms with Gasteiger partial charge < -0.3 is 10.1 Å². The number of nitrogens with one attached hydrogen (secondary N) is 2. The largest absolute Gasteiger partial charge is 0.495 e. The molecule has 1 fully saturated rings. The molecule has 3 rings (SSSR count). The molecule has 2 N–H and O–H groups in total. The highest BCUT2D eigenvalue weighted by molar-refractivity contribution is 7.89. The number of amides is 1. The Morgan fingerprint density at radius 1 is 1.11 bits per heavy atom. The van der Waals surface area contributed by atoms with Gasteiger partial charge in [0.2, 0.25) is 26.0 Å². The van der Waals surface area contributed by atoms with E-state index in [9.17, 15) is 21.6 Å². The summed E-state index contributed by atoms with van der Waals surface area (Å²) < 4.78 is 60.3. The second-order valence-electron chi connectivity index (χ2n) is 8.83. The van der Waals surface area contributed by atoms with Crippen LogP contribution in [0.25, 0.3) is 0 Å². The minimum atomic E-state index is -3.79. The van der Waals surface area contributed by atoms with Crippen LogP contribution in [0.2, 0.25) is 10.0 Å². The summed E-state index contributed by atoms with van der Waals surface area (Å²) in [6.07, 6.45) is 0.988. The van der Waals surface area contributed by atoms with E-state index in [1.165, 1.54) is 35.7 Å². The molecule has 0 unspecified atom stereocenters. The van der Waals surface area contributed by atoms with Crippen molar-refractivity contribution in [2.75, 3.05) is 25.5 Å². The van der Waals surface area contributed by atoms with E-state index in [1.807, 2.05) is 0 Å². The molecule has 1 atom stereocenters. The van der Waals surface area contributed by atoms with E-state index < -0.39 is 31.9 Å². The van der Waals surface area contributed by atoms with Crippen LogP contribution in [0.4, 0.5) is 5.69 Å². The summed E-state index contributed by atoms with van der Waals surface area (Å²) in [7, 11) is -6.10. The SMILES string of the molecule is COc1ccc(S(=O)(=O)NC(C)C)cc1NC(=O)[C@@H]1CCCN(S(=O)(=O)Cc2ccc(Cl)c(Cl)c2)C1. The average Bonchev–Trinajstić information content (AvgIpc) is 2.80. The number of benzene rings is 2. The second-order valence-corrected chi connectivity index (χ2v) is 13.3. The second kappa shape index (κ2) is 11.7. The molecule has 1 aliphatic rings. The first-order valence-electron chi connectivity index (χ1n) is 11.3. The van der Waals surface area contributed by atoms with E-state index in [1.54, 1.807) is 26.0 Å². The number of carbonyl (C=O) groups is 1. The van der Waals surface area contributed by atoms with Crippen LogP contribution in [0.15, 0.2) is 41.3 Å². The van der Waals surface area contributed by atoms with Crippen molar-refractivity contribution in [3.63, 3.8) is 0 Å². The van der Waals surface area contributed by atoms with E-state index in [2.05, 4.69) is 10.0 Å². The predicted molar refractivity (Wildman–Crippen MR) is 140 cm³/mol. The highest BCUT2D eigenvalue weighted by Crippen LogP contribution is 2.30. The summed E-state index contributed by atoms with van der Waals surface area (Å²) in [5.41, 5.74) is 0.679. The fourth-order valence-corrected chi connectivity index (χ4v) is 7.10. The average molecular weight is 579 g/mol. The minimum absolute atomic E-state index is 0.00466. The van der Waals surface area contributed by atoms with E-state index in [0.29, 0.717) is 30.0 Å². The third kappa shape index (κ3) is 7.11. The van der Waals surface area contributed by atoms with Crippen LogP contribution in [0.5, 0.6) is 5.75 Å². The zero-order chi connectivity index (χ0) is 26.7. The third-order valence-corrected chi connectivity index (χ3v) is 9.82. The van der Waals surface area contributed by atoms with Crippen molar-refractivity contribution in [2.45, 2.75) is 43.4 Å². The van der Waals surface area contributed by atoms with Gasteiger partial charge in [-0.25, -0.2) is 25.9 Å². The molecule has 9 nitrogen and oxygen atoms in total. The van der Waals surface area contributed by atoms with E-state index in [4.69, 9.17) is 27.9 Å². The molecular weight excluding hydrogens is 549 g/mol.